The molecule has 1 aliphatic rings. The predicted molar refractivity (Wildman–Crippen MR) is 73.1 cm³/mol. The zero-order chi connectivity index (χ0) is 13.0. The molecule has 0 bridgehead atoms. The normalized spacial score (nSPS) is 23.3. The van der Waals surface area contributed by atoms with Crippen molar-refractivity contribution in [3.63, 3.8) is 0 Å². The number of aliphatic hydroxyl groups is 1. The van der Waals surface area contributed by atoms with Crippen LogP contribution in [0.4, 0.5) is 0 Å². The number of benzene rings is 1. The first-order valence-corrected chi connectivity index (χ1v) is 6.79. The van der Waals surface area contributed by atoms with Crippen LogP contribution in [-0.2, 0) is 6.54 Å². The number of aliphatic hydroxyl groups excluding tert-OH is 1. The maximum atomic E-state index is 9.29. The lowest BCUT2D eigenvalue weighted by molar-refractivity contribution is 0.205. The Balaban J connectivity index is 1.99. The Labute approximate surface area is 113 Å². The molecule has 1 aromatic carbocycles. The van der Waals surface area contributed by atoms with Crippen LogP contribution < -0.4 is 10.1 Å². The fourth-order valence-electron chi connectivity index (χ4n) is 2.65. The molecule has 0 aromatic heterocycles. The lowest BCUT2D eigenvalue weighted by Crippen LogP contribution is -2.33. The van der Waals surface area contributed by atoms with Crippen LogP contribution in [0, 0.1) is 5.92 Å². The molecule has 1 aliphatic carbocycles. The molecule has 0 amide bonds. The van der Waals surface area contributed by atoms with E-state index in [0.29, 0.717) is 12.0 Å². The van der Waals surface area contributed by atoms with Crippen molar-refractivity contribution in [2.24, 2.45) is 5.92 Å². The van der Waals surface area contributed by atoms with E-state index >= 15 is 0 Å². The van der Waals surface area contributed by atoms with Gasteiger partial charge >= 0.3 is 0 Å². The van der Waals surface area contributed by atoms with E-state index in [1.165, 1.54) is 6.42 Å². The highest BCUT2D eigenvalue weighted by atomic mass is 35.5. The third-order valence-corrected chi connectivity index (χ3v) is 3.93. The summed E-state index contributed by atoms with van der Waals surface area (Å²) < 4.78 is 5.32. The Morgan fingerprint density at radius 1 is 1.44 bits per heavy atom. The molecule has 2 unspecified atom stereocenters. The lowest BCUT2D eigenvalue weighted by atomic mass is 10.0. The zero-order valence-electron chi connectivity index (χ0n) is 10.7. The van der Waals surface area contributed by atoms with E-state index < -0.39 is 0 Å². The first-order chi connectivity index (χ1) is 8.74. The quantitative estimate of drug-likeness (QED) is 0.863. The van der Waals surface area contributed by atoms with Gasteiger partial charge in [-0.2, -0.15) is 0 Å². The number of methoxy groups -OCH3 is 1. The van der Waals surface area contributed by atoms with Gasteiger partial charge < -0.3 is 15.2 Å². The summed E-state index contributed by atoms with van der Waals surface area (Å²) in [5, 5.41) is 13.5. The molecule has 0 saturated heterocycles. The molecule has 100 valence electrons. The maximum absolute atomic E-state index is 9.29. The van der Waals surface area contributed by atoms with Gasteiger partial charge in [0, 0.05) is 29.8 Å². The van der Waals surface area contributed by atoms with E-state index in [1.807, 2.05) is 18.2 Å². The fourth-order valence-corrected chi connectivity index (χ4v) is 2.85. The smallest absolute Gasteiger partial charge is 0.123 e. The molecule has 2 N–H and O–H groups in total. The number of hydrogen-bond donors (Lipinski definition) is 2. The fraction of sp³-hybridized carbons (Fsp3) is 0.571. The highest BCUT2D eigenvalue weighted by Gasteiger charge is 2.26. The summed E-state index contributed by atoms with van der Waals surface area (Å²) >= 11 is 6.00. The number of halogens is 1. The molecule has 0 radical (unpaired) electrons. The van der Waals surface area contributed by atoms with E-state index in [-0.39, 0.29) is 6.61 Å². The van der Waals surface area contributed by atoms with Gasteiger partial charge in [-0.1, -0.05) is 18.0 Å². The second kappa shape index (κ2) is 6.41. The number of hydrogen-bond acceptors (Lipinski definition) is 3. The Bertz CT molecular complexity index is 397. The van der Waals surface area contributed by atoms with Crippen LogP contribution in [0.15, 0.2) is 18.2 Å². The monoisotopic (exact) mass is 269 g/mol. The maximum Gasteiger partial charge on any atom is 0.123 e. The summed E-state index contributed by atoms with van der Waals surface area (Å²) in [4.78, 5) is 0. The first-order valence-electron chi connectivity index (χ1n) is 6.41. The standard InChI is InChI=1S/C14H20ClNO2/c1-18-14-6-5-12(15)7-11(14)8-16-13-4-2-3-10(13)9-17/h5-7,10,13,16-17H,2-4,8-9H2,1H3. The van der Waals surface area contributed by atoms with Crippen LogP contribution in [-0.4, -0.2) is 24.9 Å². The topological polar surface area (TPSA) is 41.5 Å². The van der Waals surface area contributed by atoms with Gasteiger partial charge in [0.25, 0.3) is 0 Å². The van der Waals surface area contributed by atoms with E-state index in [0.717, 1.165) is 35.7 Å². The van der Waals surface area contributed by atoms with Crippen LogP contribution in [0.5, 0.6) is 5.75 Å². The molecule has 3 nitrogen and oxygen atoms in total. The molecule has 2 atom stereocenters. The average Bonchev–Trinajstić information content (AvgIpc) is 2.84. The van der Waals surface area contributed by atoms with Gasteiger partial charge in [-0.25, -0.2) is 0 Å². The second-order valence-corrected chi connectivity index (χ2v) is 5.25. The summed E-state index contributed by atoms with van der Waals surface area (Å²) in [5.41, 5.74) is 1.06. The molecule has 1 aromatic rings. The van der Waals surface area contributed by atoms with Gasteiger partial charge in [0.2, 0.25) is 0 Å². The third-order valence-electron chi connectivity index (χ3n) is 3.69. The van der Waals surface area contributed by atoms with Crippen LogP contribution in [0.1, 0.15) is 24.8 Å². The molecule has 0 heterocycles. The van der Waals surface area contributed by atoms with Gasteiger partial charge in [-0.3, -0.25) is 0 Å². The van der Waals surface area contributed by atoms with Crippen molar-refractivity contribution in [2.45, 2.75) is 31.8 Å². The highest BCUT2D eigenvalue weighted by Crippen LogP contribution is 2.27. The van der Waals surface area contributed by atoms with Crippen molar-refractivity contribution in [2.75, 3.05) is 13.7 Å². The molecular weight excluding hydrogens is 250 g/mol. The van der Waals surface area contributed by atoms with Gasteiger partial charge in [-0.05, 0) is 37.0 Å². The minimum Gasteiger partial charge on any atom is -0.496 e. The van der Waals surface area contributed by atoms with Crippen molar-refractivity contribution in [1.82, 2.24) is 5.32 Å². The van der Waals surface area contributed by atoms with E-state index in [9.17, 15) is 5.11 Å². The minimum atomic E-state index is 0.268. The van der Waals surface area contributed by atoms with Crippen molar-refractivity contribution in [3.8, 4) is 5.75 Å². The van der Waals surface area contributed by atoms with Crippen LogP contribution in [0.25, 0.3) is 0 Å². The third kappa shape index (κ3) is 3.16. The Kier molecular flexibility index (Phi) is 4.87. The molecule has 1 fully saturated rings. The number of nitrogens with one attached hydrogen (secondary N) is 1. The van der Waals surface area contributed by atoms with Gasteiger partial charge in [-0.15, -0.1) is 0 Å². The minimum absolute atomic E-state index is 0.268. The predicted octanol–water partition coefficient (Wildman–Crippen LogP) is 2.60. The molecule has 4 heteroatoms. The highest BCUT2D eigenvalue weighted by molar-refractivity contribution is 6.30. The van der Waals surface area contributed by atoms with Crippen molar-refractivity contribution in [3.05, 3.63) is 28.8 Å². The molecule has 2 rings (SSSR count). The Morgan fingerprint density at radius 3 is 3.00 bits per heavy atom. The summed E-state index contributed by atoms with van der Waals surface area (Å²) in [6.07, 6.45) is 3.44. The average molecular weight is 270 g/mol. The summed E-state index contributed by atoms with van der Waals surface area (Å²) in [7, 11) is 1.67. The largest absolute Gasteiger partial charge is 0.496 e. The zero-order valence-corrected chi connectivity index (χ0v) is 11.4. The van der Waals surface area contributed by atoms with Crippen LogP contribution in [0.3, 0.4) is 0 Å². The molecule has 0 aliphatic heterocycles. The lowest BCUT2D eigenvalue weighted by Gasteiger charge is -2.20. The van der Waals surface area contributed by atoms with Crippen LogP contribution in [0.2, 0.25) is 5.02 Å². The van der Waals surface area contributed by atoms with Crippen LogP contribution >= 0.6 is 11.6 Å². The van der Waals surface area contributed by atoms with Crippen molar-refractivity contribution >= 4 is 11.6 Å². The van der Waals surface area contributed by atoms with Crippen molar-refractivity contribution < 1.29 is 9.84 Å². The van der Waals surface area contributed by atoms with Gasteiger partial charge in [0.05, 0.1) is 7.11 Å². The molecule has 1 saturated carbocycles. The summed E-state index contributed by atoms with van der Waals surface area (Å²) in [5.74, 6) is 1.24. The van der Waals surface area contributed by atoms with E-state index in [4.69, 9.17) is 16.3 Å². The SMILES string of the molecule is COc1ccc(Cl)cc1CNC1CCCC1CO. The summed E-state index contributed by atoms with van der Waals surface area (Å²) in [6.45, 7) is 0.995. The van der Waals surface area contributed by atoms with E-state index in [1.54, 1.807) is 7.11 Å². The molecular formula is C14H20ClNO2. The second-order valence-electron chi connectivity index (χ2n) is 4.82. The molecule has 18 heavy (non-hydrogen) atoms. The first kappa shape index (κ1) is 13.7. The van der Waals surface area contributed by atoms with Crippen molar-refractivity contribution in [1.29, 1.82) is 0 Å². The summed E-state index contributed by atoms with van der Waals surface area (Å²) in [6, 6.07) is 6.04. The Hall–Kier alpha value is -0.770. The van der Waals surface area contributed by atoms with Gasteiger partial charge in [0.15, 0.2) is 0 Å². The van der Waals surface area contributed by atoms with E-state index in [2.05, 4.69) is 5.32 Å². The number of ether oxygens (including phenoxy) is 1. The Morgan fingerprint density at radius 2 is 2.28 bits per heavy atom. The number of rotatable bonds is 5. The van der Waals surface area contributed by atoms with Gasteiger partial charge in [0.1, 0.15) is 5.75 Å². The molecule has 0 spiro atoms.